The van der Waals surface area contributed by atoms with Crippen molar-refractivity contribution in [1.29, 1.82) is 0 Å². The number of halogens is 1. The molecule has 4 rings (SSSR count). The van der Waals surface area contributed by atoms with Gasteiger partial charge in [0.2, 0.25) is 0 Å². The van der Waals surface area contributed by atoms with Crippen molar-refractivity contribution in [2.45, 2.75) is 51.6 Å². The molecule has 2 aromatic rings. The van der Waals surface area contributed by atoms with Crippen LogP contribution in [0.5, 0.6) is 0 Å². The van der Waals surface area contributed by atoms with E-state index in [0.29, 0.717) is 5.92 Å². The Hall–Kier alpha value is -1.08. The van der Waals surface area contributed by atoms with Gasteiger partial charge < -0.3 is 9.64 Å². The maximum Gasteiger partial charge on any atom is 0.410 e. The van der Waals surface area contributed by atoms with Gasteiger partial charge in [-0.25, -0.2) is 9.78 Å². The molecule has 0 atom stereocenters. The van der Waals surface area contributed by atoms with Crippen LogP contribution in [0.1, 0.15) is 51.6 Å². The number of ether oxygens (including phenoxy) is 1. The fraction of sp³-hybridized carbons (Fsp3) is 0.647. The molecule has 2 aliphatic rings. The van der Waals surface area contributed by atoms with Crippen molar-refractivity contribution in [3.05, 3.63) is 21.9 Å². The van der Waals surface area contributed by atoms with E-state index in [9.17, 15) is 4.79 Å². The number of likely N-dealkylation sites (tertiary alicyclic amines) is 1. The number of hydrogen-bond donors (Lipinski definition) is 0. The van der Waals surface area contributed by atoms with Crippen LogP contribution in [0, 0.1) is 5.41 Å². The number of imidazole rings is 1. The van der Waals surface area contributed by atoms with Gasteiger partial charge in [0, 0.05) is 31.4 Å². The molecule has 24 heavy (non-hydrogen) atoms. The van der Waals surface area contributed by atoms with Crippen molar-refractivity contribution >= 4 is 38.3 Å². The first kappa shape index (κ1) is 16.4. The summed E-state index contributed by atoms with van der Waals surface area (Å²) in [6.07, 6.45) is 7.36. The predicted molar refractivity (Wildman–Crippen MR) is 97.6 cm³/mol. The topological polar surface area (TPSA) is 46.8 Å². The van der Waals surface area contributed by atoms with Gasteiger partial charge in [-0.2, -0.15) is 0 Å². The van der Waals surface area contributed by atoms with Gasteiger partial charge in [-0.15, -0.1) is 0 Å². The molecule has 1 aliphatic carbocycles. The average Bonchev–Trinajstić information content (AvgIpc) is 3.05. The lowest BCUT2D eigenvalue weighted by Crippen LogP contribution is -2.41. The Labute approximate surface area is 154 Å². The van der Waals surface area contributed by atoms with Crippen LogP contribution in [0.3, 0.4) is 0 Å². The van der Waals surface area contributed by atoms with Crippen molar-refractivity contribution in [2.75, 3.05) is 13.1 Å². The highest BCUT2D eigenvalue weighted by molar-refractivity contribution is 9.11. The van der Waals surface area contributed by atoms with Crippen molar-refractivity contribution in [1.82, 2.24) is 14.3 Å². The molecular weight excluding hydrogens is 390 g/mol. The molecule has 1 aliphatic heterocycles. The molecule has 2 aromatic heterocycles. The monoisotopic (exact) mass is 411 g/mol. The maximum atomic E-state index is 12.2. The number of hydrogen-bond acceptors (Lipinski definition) is 4. The highest BCUT2D eigenvalue weighted by Crippen LogP contribution is 2.55. The zero-order valence-corrected chi connectivity index (χ0v) is 16.6. The fourth-order valence-electron chi connectivity index (χ4n) is 3.93. The summed E-state index contributed by atoms with van der Waals surface area (Å²) in [5, 5.41) is 0. The summed E-state index contributed by atoms with van der Waals surface area (Å²) in [6.45, 7) is 7.38. The molecule has 1 spiro atoms. The number of fused-ring (bicyclic) bond motifs is 1. The van der Waals surface area contributed by atoms with Gasteiger partial charge in [-0.1, -0.05) is 11.3 Å². The summed E-state index contributed by atoms with van der Waals surface area (Å²) in [4.78, 5) is 19.9. The minimum atomic E-state index is -0.425. The number of nitrogens with zero attached hydrogens (tertiary/aromatic N) is 3. The number of aromatic nitrogens is 2. The third-order valence-corrected chi connectivity index (χ3v) is 6.49. The zero-order chi connectivity index (χ0) is 17.1. The van der Waals surface area contributed by atoms with Gasteiger partial charge in [-0.3, -0.25) is 4.40 Å². The van der Waals surface area contributed by atoms with E-state index >= 15 is 0 Å². The Morgan fingerprint density at radius 3 is 2.83 bits per heavy atom. The van der Waals surface area contributed by atoms with Crippen LogP contribution in [0.4, 0.5) is 4.79 Å². The SMILES string of the molecule is CC(C)(C)OC(=O)N1CCC2(CC(c3cn4cc(Br)sc4n3)C2)C1. The third-order valence-electron chi connectivity index (χ3n) is 5.01. The van der Waals surface area contributed by atoms with E-state index in [1.54, 1.807) is 11.3 Å². The van der Waals surface area contributed by atoms with Crippen molar-refractivity contribution in [3.63, 3.8) is 0 Å². The van der Waals surface area contributed by atoms with Gasteiger partial charge in [0.1, 0.15) is 5.60 Å². The number of carbonyl (C=O) groups is 1. The van der Waals surface area contributed by atoms with Crippen molar-refractivity contribution < 1.29 is 9.53 Å². The Morgan fingerprint density at radius 2 is 2.17 bits per heavy atom. The third kappa shape index (κ3) is 2.96. The van der Waals surface area contributed by atoms with E-state index in [1.165, 1.54) is 5.69 Å². The van der Waals surface area contributed by atoms with Crippen LogP contribution >= 0.6 is 27.3 Å². The second kappa shape index (κ2) is 5.46. The molecule has 0 radical (unpaired) electrons. The Morgan fingerprint density at radius 1 is 1.42 bits per heavy atom. The lowest BCUT2D eigenvalue weighted by atomic mass is 9.60. The van der Waals surface area contributed by atoms with Crippen LogP contribution in [0.15, 0.2) is 16.2 Å². The van der Waals surface area contributed by atoms with Crippen molar-refractivity contribution in [3.8, 4) is 0 Å². The Balaban J connectivity index is 1.38. The summed E-state index contributed by atoms with van der Waals surface area (Å²) in [5.41, 5.74) is 1.04. The smallest absolute Gasteiger partial charge is 0.410 e. The second-order valence-electron chi connectivity index (χ2n) is 8.15. The second-order valence-corrected chi connectivity index (χ2v) is 10.5. The van der Waals surface area contributed by atoms with Gasteiger partial charge in [-0.05, 0) is 61.4 Å². The summed E-state index contributed by atoms with van der Waals surface area (Å²) in [6, 6.07) is 0. The van der Waals surface area contributed by atoms with E-state index in [1.807, 2.05) is 25.7 Å². The molecule has 1 saturated carbocycles. The molecule has 7 heteroatoms. The molecule has 0 N–H and O–H groups in total. The van der Waals surface area contributed by atoms with Crippen LogP contribution in [0.25, 0.3) is 4.96 Å². The summed E-state index contributed by atoms with van der Waals surface area (Å²) in [7, 11) is 0. The molecule has 130 valence electrons. The highest BCUT2D eigenvalue weighted by Gasteiger charge is 2.50. The van der Waals surface area contributed by atoms with E-state index in [0.717, 1.165) is 41.1 Å². The molecular formula is C17H22BrN3O2S. The molecule has 5 nitrogen and oxygen atoms in total. The Bertz CT molecular complexity index is 754. The fourth-order valence-corrected chi connectivity index (χ4v) is 5.29. The van der Waals surface area contributed by atoms with Crippen LogP contribution in [0.2, 0.25) is 0 Å². The Kier molecular flexibility index (Phi) is 3.73. The molecule has 2 fully saturated rings. The normalized spacial score (nSPS) is 27.0. The van der Waals surface area contributed by atoms with Crippen LogP contribution < -0.4 is 0 Å². The summed E-state index contributed by atoms with van der Waals surface area (Å²) < 4.78 is 8.70. The van der Waals surface area contributed by atoms with E-state index < -0.39 is 5.60 Å². The van der Waals surface area contributed by atoms with Crippen LogP contribution in [-0.4, -0.2) is 39.1 Å². The minimum Gasteiger partial charge on any atom is -0.444 e. The van der Waals surface area contributed by atoms with E-state index in [2.05, 4.69) is 32.7 Å². The highest BCUT2D eigenvalue weighted by atomic mass is 79.9. The predicted octanol–water partition coefficient (Wildman–Crippen LogP) is 4.66. The molecule has 1 amide bonds. The minimum absolute atomic E-state index is 0.171. The van der Waals surface area contributed by atoms with Gasteiger partial charge >= 0.3 is 6.09 Å². The summed E-state index contributed by atoms with van der Waals surface area (Å²) in [5.74, 6) is 0.523. The van der Waals surface area contributed by atoms with Gasteiger partial charge in [0.15, 0.2) is 4.96 Å². The largest absolute Gasteiger partial charge is 0.444 e. The number of amides is 1. The number of thiazole rings is 1. The van der Waals surface area contributed by atoms with Crippen LogP contribution in [-0.2, 0) is 4.74 Å². The standard InChI is InChI=1S/C17H22BrN3O2S/c1-16(2,3)23-15(22)20-5-4-17(10-20)6-11(7-17)12-8-21-9-13(18)24-14(21)19-12/h8-9,11H,4-7,10H2,1-3H3. The first-order valence-electron chi connectivity index (χ1n) is 8.35. The maximum absolute atomic E-state index is 12.2. The summed E-state index contributed by atoms with van der Waals surface area (Å²) >= 11 is 5.15. The molecule has 3 heterocycles. The van der Waals surface area contributed by atoms with E-state index in [-0.39, 0.29) is 11.5 Å². The molecule has 0 bridgehead atoms. The quantitative estimate of drug-likeness (QED) is 0.684. The average molecular weight is 412 g/mol. The number of rotatable bonds is 1. The van der Waals surface area contributed by atoms with Gasteiger partial charge in [0.05, 0.1) is 9.48 Å². The lowest BCUT2D eigenvalue weighted by Gasteiger charge is -2.44. The van der Waals surface area contributed by atoms with Crippen molar-refractivity contribution in [2.24, 2.45) is 5.41 Å². The number of carbonyl (C=O) groups excluding carboxylic acids is 1. The first-order chi connectivity index (χ1) is 11.2. The molecule has 0 unspecified atom stereocenters. The van der Waals surface area contributed by atoms with E-state index in [4.69, 9.17) is 9.72 Å². The van der Waals surface area contributed by atoms with Gasteiger partial charge in [0.25, 0.3) is 0 Å². The zero-order valence-electron chi connectivity index (χ0n) is 14.2. The molecule has 1 saturated heterocycles. The first-order valence-corrected chi connectivity index (χ1v) is 9.96. The molecule has 0 aromatic carbocycles. The lowest BCUT2D eigenvalue weighted by molar-refractivity contribution is 0.0229.